The molecule has 1 heterocycles. The zero-order chi connectivity index (χ0) is 15.2. The van der Waals surface area contributed by atoms with Crippen LogP contribution >= 0.6 is 0 Å². The van der Waals surface area contributed by atoms with E-state index in [1.807, 2.05) is 42.5 Å². The van der Waals surface area contributed by atoms with Crippen molar-refractivity contribution < 1.29 is 0 Å². The highest BCUT2D eigenvalue weighted by Gasteiger charge is 2.08. The molecule has 21 heavy (non-hydrogen) atoms. The molecule has 0 radical (unpaired) electrons. The maximum absolute atomic E-state index is 12.1. The summed E-state index contributed by atoms with van der Waals surface area (Å²) in [5.41, 5.74) is 2.16. The predicted octanol–water partition coefficient (Wildman–Crippen LogP) is 2.88. The van der Waals surface area contributed by atoms with E-state index in [0.717, 1.165) is 5.56 Å². The predicted molar refractivity (Wildman–Crippen MR) is 84.3 cm³/mol. The van der Waals surface area contributed by atoms with Crippen LogP contribution < -0.4 is 5.56 Å². The van der Waals surface area contributed by atoms with E-state index >= 15 is 0 Å². The Bertz CT molecular complexity index is 793. The van der Waals surface area contributed by atoms with Crippen LogP contribution in [0, 0.1) is 25.2 Å². The molecule has 0 aliphatic rings. The molecule has 1 aromatic heterocycles. The standard InChI is InChI=1S/C17H15N3O/c1-13-11-14(2)20(17(21)16(13)12-18)19-10-6-9-15-7-4-3-5-8-15/h3-11H,1-2H3/b9-6-,19-10+. The molecular weight excluding hydrogens is 262 g/mol. The van der Waals surface area contributed by atoms with Crippen molar-refractivity contribution in [3.05, 3.63) is 75.2 Å². The fourth-order valence-electron chi connectivity index (χ4n) is 1.98. The second-order valence-corrected chi connectivity index (χ2v) is 4.61. The zero-order valence-corrected chi connectivity index (χ0v) is 11.9. The summed E-state index contributed by atoms with van der Waals surface area (Å²) < 4.78 is 1.24. The van der Waals surface area contributed by atoms with Gasteiger partial charge in [-0.25, -0.2) is 4.68 Å². The Kier molecular flexibility index (Phi) is 4.47. The third kappa shape index (κ3) is 3.34. The minimum atomic E-state index is -0.389. The van der Waals surface area contributed by atoms with E-state index in [-0.39, 0.29) is 11.1 Å². The van der Waals surface area contributed by atoms with Gasteiger partial charge in [0, 0.05) is 11.9 Å². The molecule has 0 saturated heterocycles. The fraction of sp³-hybridized carbons (Fsp3) is 0.118. The first-order valence-corrected chi connectivity index (χ1v) is 6.53. The van der Waals surface area contributed by atoms with Crippen LogP contribution in [0.2, 0.25) is 0 Å². The Morgan fingerprint density at radius 1 is 1.24 bits per heavy atom. The third-order valence-electron chi connectivity index (χ3n) is 3.03. The summed E-state index contributed by atoms with van der Waals surface area (Å²) in [6.07, 6.45) is 5.19. The van der Waals surface area contributed by atoms with Gasteiger partial charge in [-0.3, -0.25) is 4.79 Å². The van der Waals surface area contributed by atoms with Crippen LogP contribution in [-0.2, 0) is 0 Å². The summed E-state index contributed by atoms with van der Waals surface area (Å²) >= 11 is 0. The largest absolute Gasteiger partial charge is 0.289 e. The molecule has 0 aliphatic carbocycles. The van der Waals surface area contributed by atoms with Crippen molar-refractivity contribution in [3.8, 4) is 6.07 Å². The smallest absolute Gasteiger partial charge is 0.266 e. The zero-order valence-electron chi connectivity index (χ0n) is 11.9. The van der Waals surface area contributed by atoms with Gasteiger partial charge in [-0.2, -0.15) is 10.4 Å². The van der Waals surface area contributed by atoms with Gasteiger partial charge in [-0.1, -0.05) is 36.4 Å². The lowest BCUT2D eigenvalue weighted by Gasteiger charge is -2.05. The number of aromatic nitrogens is 1. The number of aryl methyl sites for hydroxylation is 2. The van der Waals surface area contributed by atoms with Gasteiger partial charge < -0.3 is 0 Å². The van der Waals surface area contributed by atoms with Crippen LogP contribution in [0.15, 0.2) is 52.4 Å². The molecule has 0 fully saturated rings. The fourth-order valence-corrected chi connectivity index (χ4v) is 1.98. The lowest BCUT2D eigenvalue weighted by atomic mass is 10.1. The first-order chi connectivity index (χ1) is 10.1. The average molecular weight is 277 g/mol. The summed E-state index contributed by atoms with van der Waals surface area (Å²) in [4.78, 5) is 12.1. The molecule has 2 aromatic rings. The lowest BCUT2D eigenvalue weighted by Crippen LogP contribution is -2.22. The van der Waals surface area contributed by atoms with Crippen molar-refractivity contribution in [3.63, 3.8) is 0 Å². The molecule has 2 rings (SSSR count). The first kappa shape index (κ1) is 14.5. The van der Waals surface area contributed by atoms with Crippen LogP contribution in [0.4, 0.5) is 0 Å². The van der Waals surface area contributed by atoms with Crippen LogP contribution in [0.1, 0.15) is 22.4 Å². The summed E-state index contributed by atoms with van der Waals surface area (Å²) in [6, 6.07) is 13.5. The van der Waals surface area contributed by atoms with Crippen molar-refractivity contribution in [2.45, 2.75) is 13.8 Å². The first-order valence-electron chi connectivity index (χ1n) is 6.53. The SMILES string of the molecule is Cc1cc(C)n(/N=C/C=C\c2ccccc2)c(=O)c1C#N. The number of allylic oxidation sites excluding steroid dienone is 1. The van der Waals surface area contributed by atoms with E-state index in [9.17, 15) is 4.79 Å². The Balaban J connectivity index is 2.29. The molecule has 0 unspecified atom stereocenters. The highest BCUT2D eigenvalue weighted by molar-refractivity contribution is 5.78. The van der Waals surface area contributed by atoms with Gasteiger partial charge in [0.1, 0.15) is 11.6 Å². The third-order valence-corrected chi connectivity index (χ3v) is 3.03. The van der Waals surface area contributed by atoms with Gasteiger partial charge in [-0.05, 0) is 37.1 Å². The van der Waals surface area contributed by atoms with Gasteiger partial charge in [0.25, 0.3) is 5.56 Å². The van der Waals surface area contributed by atoms with E-state index < -0.39 is 0 Å². The Labute approximate surface area is 123 Å². The van der Waals surface area contributed by atoms with E-state index in [1.165, 1.54) is 10.9 Å². The van der Waals surface area contributed by atoms with Crippen molar-refractivity contribution in [1.29, 1.82) is 5.26 Å². The number of pyridine rings is 1. The van der Waals surface area contributed by atoms with E-state index in [0.29, 0.717) is 11.3 Å². The maximum Gasteiger partial charge on any atom is 0.289 e. The van der Waals surface area contributed by atoms with E-state index in [2.05, 4.69) is 5.10 Å². The number of benzene rings is 1. The van der Waals surface area contributed by atoms with Crippen molar-refractivity contribution in [1.82, 2.24) is 4.68 Å². The molecule has 0 saturated carbocycles. The van der Waals surface area contributed by atoms with Gasteiger partial charge >= 0.3 is 0 Å². The maximum atomic E-state index is 12.1. The number of hydrogen-bond donors (Lipinski definition) is 0. The average Bonchev–Trinajstić information content (AvgIpc) is 2.47. The second-order valence-electron chi connectivity index (χ2n) is 4.61. The highest BCUT2D eigenvalue weighted by Crippen LogP contribution is 2.05. The van der Waals surface area contributed by atoms with Gasteiger partial charge in [0.2, 0.25) is 0 Å². The highest BCUT2D eigenvalue weighted by atomic mass is 16.1. The molecule has 0 N–H and O–H groups in total. The lowest BCUT2D eigenvalue weighted by molar-refractivity contribution is 0.787. The monoisotopic (exact) mass is 277 g/mol. The molecule has 0 atom stereocenters. The molecule has 0 aliphatic heterocycles. The normalized spacial score (nSPS) is 11.1. The van der Waals surface area contributed by atoms with Crippen molar-refractivity contribution in [2.75, 3.05) is 0 Å². The molecule has 4 nitrogen and oxygen atoms in total. The van der Waals surface area contributed by atoms with Crippen LogP contribution in [0.25, 0.3) is 6.08 Å². The molecule has 0 spiro atoms. The summed E-state index contributed by atoms with van der Waals surface area (Å²) in [6.45, 7) is 3.53. The van der Waals surface area contributed by atoms with Crippen molar-refractivity contribution in [2.24, 2.45) is 5.10 Å². The van der Waals surface area contributed by atoms with Crippen LogP contribution in [-0.4, -0.2) is 10.9 Å². The van der Waals surface area contributed by atoms with E-state index in [4.69, 9.17) is 5.26 Å². The van der Waals surface area contributed by atoms with Gasteiger partial charge in [-0.15, -0.1) is 0 Å². The summed E-state index contributed by atoms with van der Waals surface area (Å²) in [5, 5.41) is 13.1. The minimum Gasteiger partial charge on any atom is -0.266 e. The summed E-state index contributed by atoms with van der Waals surface area (Å²) in [5.74, 6) is 0. The Morgan fingerprint density at radius 3 is 2.62 bits per heavy atom. The number of nitriles is 1. The second kappa shape index (κ2) is 6.49. The quantitative estimate of drug-likeness (QED) is 0.810. The van der Waals surface area contributed by atoms with Gasteiger partial charge in [0.15, 0.2) is 0 Å². The minimum absolute atomic E-state index is 0.129. The van der Waals surface area contributed by atoms with Crippen molar-refractivity contribution >= 4 is 12.3 Å². The van der Waals surface area contributed by atoms with E-state index in [1.54, 1.807) is 26.0 Å². The molecular formula is C17H15N3O. The molecule has 0 amide bonds. The molecule has 4 heteroatoms. The summed E-state index contributed by atoms with van der Waals surface area (Å²) in [7, 11) is 0. The van der Waals surface area contributed by atoms with Gasteiger partial charge in [0.05, 0.1) is 0 Å². The molecule has 1 aromatic carbocycles. The van der Waals surface area contributed by atoms with Crippen LogP contribution in [0.5, 0.6) is 0 Å². The number of rotatable bonds is 3. The topological polar surface area (TPSA) is 58.1 Å². The Hall–Kier alpha value is -2.93. The number of hydrogen-bond acceptors (Lipinski definition) is 3. The number of nitrogens with zero attached hydrogens (tertiary/aromatic N) is 3. The molecule has 0 bridgehead atoms. The molecule has 104 valence electrons. The Morgan fingerprint density at radius 2 is 1.95 bits per heavy atom. The van der Waals surface area contributed by atoms with Crippen LogP contribution in [0.3, 0.4) is 0 Å².